The van der Waals surface area contributed by atoms with E-state index >= 15 is 0 Å². The van der Waals surface area contributed by atoms with Gasteiger partial charge in [0.15, 0.2) is 0 Å². The highest BCUT2D eigenvalue weighted by Crippen LogP contribution is 2.31. The normalized spacial score (nSPS) is 10.8. The van der Waals surface area contributed by atoms with Crippen molar-refractivity contribution in [3.05, 3.63) is 103 Å². The molecular formula is C29H32F2N10O6. The summed E-state index contributed by atoms with van der Waals surface area (Å²) < 4.78 is 31.1. The number of aromatic nitrogens is 6. The van der Waals surface area contributed by atoms with Crippen LogP contribution in [-0.4, -0.2) is 51.4 Å². The number of hydrogen-bond acceptors (Lipinski definition) is 13. The molecule has 18 heteroatoms. The first kappa shape index (κ1) is 35.7. The number of hydrogen-bond donors (Lipinski definition) is 1. The van der Waals surface area contributed by atoms with Crippen LogP contribution in [0.15, 0.2) is 36.7 Å². The van der Waals surface area contributed by atoms with E-state index in [2.05, 4.69) is 35.2 Å². The molecule has 1 N–H and O–H groups in total. The summed E-state index contributed by atoms with van der Waals surface area (Å²) in [5.41, 5.74) is 0.158. The summed E-state index contributed by atoms with van der Waals surface area (Å²) >= 11 is 0. The summed E-state index contributed by atoms with van der Waals surface area (Å²) in [6.45, 7) is 11.4. The molecule has 0 aliphatic rings. The summed E-state index contributed by atoms with van der Waals surface area (Å²) in [7, 11) is 0. The molecule has 4 rings (SSSR count). The maximum Gasteiger partial charge on any atom is 0.416 e. The van der Waals surface area contributed by atoms with Gasteiger partial charge in [0.25, 0.3) is 0 Å². The summed E-state index contributed by atoms with van der Waals surface area (Å²) in [6.07, 6.45) is 1.77. The molecule has 47 heavy (non-hydrogen) atoms. The van der Waals surface area contributed by atoms with Crippen molar-refractivity contribution in [1.82, 2.24) is 29.9 Å². The average molecular weight is 655 g/mol. The number of halogens is 2. The Bertz CT molecular complexity index is 1770. The minimum atomic E-state index is -0.831. The van der Waals surface area contributed by atoms with Crippen LogP contribution < -0.4 is 10.2 Å². The number of ether oxygens (including phenoxy) is 1. The second-order valence-corrected chi connectivity index (χ2v) is 11.0. The molecule has 4 aromatic rings. The van der Waals surface area contributed by atoms with Crippen molar-refractivity contribution >= 4 is 29.1 Å². The second-order valence-electron chi connectivity index (χ2n) is 11.0. The standard InChI is InChI=1S/C17H20FN5O4.C12H12FN5O2/c1-10-14(23(25)26)15(21-11(2)20-10)22(16(24)27-17(3,4)5)9-12-6-7-13(18)19-8-12;1-7-11(18(19)20)12(17-8(2)16-7)15-6-9-3-4-10(13)14-5-9/h6-8H,9H2,1-5H3;3-5H,6H2,1-2H3,(H,15,16,17). The van der Waals surface area contributed by atoms with Gasteiger partial charge in [-0.1, -0.05) is 12.1 Å². The fourth-order valence-corrected chi connectivity index (χ4v) is 4.06. The molecule has 4 heterocycles. The Labute approximate surface area is 267 Å². The number of amides is 1. The van der Waals surface area contributed by atoms with E-state index in [0.29, 0.717) is 22.6 Å². The van der Waals surface area contributed by atoms with Gasteiger partial charge in [0.1, 0.15) is 28.6 Å². The molecule has 4 aromatic heterocycles. The highest BCUT2D eigenvalue weighted by atomic mass is 19.1. The summed E-state index contributed by atoms with van der Waals surface area (Å²) in [4.78, 5) is 58.3. The highest BCUT2D eigenvalue weighted by Gasteiger charge is 2.32. The molecule has 0 unspecified atom stereocenters. The van der Waals surface area contributed by atoms with Crippen molar-refractivity contribution in [2.45, 2.75) is 67.2 Å². The third kappa shape index (κ3) is 10.1. The molecule has 0 aliphatic carbocycles. The molecule has 0 spiro atoms. The topological polar surface area (TPSA) is 205 Å². The Morgan fingerprint density at radius 3 is 1.83 bits per heavy atom. The quantitative estimate of drug-likeness (QED) is 0.139. The summed E-state index contributed by atoms with van der Waals surface area (Å²) in [5.74, 6) is -0.602. The first-order chi connectivity index (χ1) is 21.9. The van der Waals surface area contributed by atoms with Gasteiger partial charge >= 0.3 is 17.5 Å². The molecule has 1 amide bonds. The van der Waals surface area contributed by atoms with Crippen LogP contribution in [0.3, 0.4) is 0 Å². The van der Waals surface area contributed by atoms with Crippen molar-refractivity contribution in [1.29, 1.82) is 0 Å². The zero-order valence-corrected chi connectivity index (χ0v) is 26.6. The molecule has 16 nitrogen and oxygen atoms in total. The van der Waals surface area contributed by atoms with E-state index in [0.717, 1.165) is 11.0 Å². The Hall–Kier alpha value is -5.81. The van der Waals surface area contributed by atoms with E-state index in [1.54, 1.807) is 47.6 Å². The van der Waals surface area contributed by atoms with E-state index in [1.165, 1.54) is 31.5 Å². The Morgan fingerprint density at radius 2 is 1.34 bits per heavy atom. The highest BCUT2D eigenvalue weighted by molar-refractivity contribution is 5.89. The van der Waals surface area contributed by atoms with Crippen LogP contribution in [-0.2, 0) is 17.8 Å². The lowest BCUT2D eigenvalue weighted by Crippen LogP contribution is -2.37. The molecule has 0 bridgehead atoms. The number of rotatable bonds is 8. The molecule has 248 valence electrons. The van der Waals surface area contributed by atoms with Gasteiger partial charge in [0.05, 0.1) is 16.4 Å². The monoisotopic (exact) mass is 654 g/mol. The van der Waals surface area contributed by atoms with E-state index in [4.69, 9.17) is 4.74 Å². The van der Waals surface area contributed by atoms with Crippen molar-refractivity contribution < 1.29 is 28.2 Å². The first-order valence-electron chi connectivity index (χ1n) is 13.9. The lowest BCUT2D eigenvalue weighted by Gasteiger charge is -2.26. The fraction of sp³-hybridized carbons (Fsp3) is 0.345. The maximum atomic E-state index is 13.1. The second kappa shape index (κ2) is 15.0. The van der Waals surface area contributed by atoms with Gasteiger partial charge < -0.3 is 10.1 Å². The maximum absolute atomic E-state index is 13.1. The Morgan fingerprint density at radius 1 is 0.830 bits per heavy atom. The minimum Gasteiger partial charge on any atom is -0.443 e. The zero-order chi connectivity index (χ0) is 35.1. The number of carbonyl (C=O) groups excluding carboxylic acids is 1. The van der Waals surface area contributed by atoms with E-state index in [1.807, 2.05) is 0 Å². The van der Waals surface area contributed by atoms with Gasteiger partial charge in [-0.15, -0.1) is 0 Å². The van der Waals surface area contributed by atoms with Crippen molar-refractivity contribution in [2.24, 2.45) is 0 Å². The number of aryl methyl sites for hydroxylation is 4. The lowest BCUT2D eigenvalue weighted by atomic mass is 10.2. The largest absolute Gasteiger partial charge is 0.443 e. The predicted molar refractivity (Wildman–Crippen MR) is 164 cm³/mol. The van der Waals surface area contributed by atoms with Crippen LogP contribution in [0.25, 0.3) is 0 Å². The first-order valence-corrected chi connectivity index (χ1v) is 13.9. The van der Waals surface area contributed by atoms with Crippen LogP contribution in [0.2, 0.25) is 0 Å². The Balaban J connectivity index is 0.000000267. The molecule has 0 atom stereocenters. The van der Waals surface area contributed by atoms with Gasteiger partial charge in [0, 0.05) is 18.9 Å². The van der Waals surface area contributed by atoms with Crippen LogP contribution in [0.4, 0.5) is 36.6 Å². The number of carbonyl (C=O) groups is 1. The predicted octanol–water partition coefficient (Wildman–Crippen LogP) is 5.63. The Kier molecular flexibility index (Phi) is 11.4. The van der Waals surface area contributed by atoms with Crippen molar-refractivity contribution in [3.63, 3.8) is 0 Å². The average Bonchev–Trinajstić information content (AvgIpc) is 2.94. The third-order valence-corrected chi connectivity index (χ3v) is 5.93. The fourth-order valence-electron chi connectivity index (χ4n) is 4.06. The molecular weight excluding hydrogens is 622 g/mol. The van der Waals surface area contributed by atoms with Gasteiger partial charge in [-0.3, -0.25) is 25.1 Å². The van der Waals surface area contributed by atoms with Gasteiger partial charge in [-0.25, -0.2) is 34.7 Å². The van der Waals surface area contributed by atoms with Crippen LogP contribution in [0.1, 0.15) is 54.9 Å². The third-order valence-electron chi connectivity index (χ3n) is 5.93. The molecule has 0 aliphatic heterocycles. The number of nitro groups is 2. The number of anilines is 2. The van der Waals surface area contributed by atoms with Crippen molar-refractivity contribution in [2.75, 3.05) is 10.2 Å². The summed E-state index contributed by atoms with van der Waals surface area (Å²) in [6, 6.07) is 5.32. The van der Waals surface area contributed by atoms with Gasteiger partial charge in [-0.05, 0) is 71.7 Å². The number of pyridine rings is 2. The number of nitrogens with zero attached hydrogens (tertiary/aromatic N) is 9. The molecule has 0 saturated heterocycles. The molecule has 0 radical (unpaired) electrons. The molecule has 0 aromatic carbocycles. The SMILES string of the molecule is Cc1nc(C)c([N+](=O)[O-])c(N(Cc2ccc(F)nc2)C(=O)OC(C)(C)C)n1.Cc1nc(C)c([N+](=O)[O-])c(NCc2ccc(F)nc2)n1. The van der Waals surface area contributed by atoms with Gasteiger partial charge in [-0.2, -0.15) is 8.78 Å². The van der Waals surface area contributed by atoms with E-state index < -0.39 is 39.1 Å². The van der Waals surface area contributed by atoms with Crippen LogP contribution in [0, 0.1) is 59.8 Å². The van der Waals surface area contributed by atoms with Crippen LogP contribution >= 0.6 is 0 Å². The van der Waals surface area contributed by atoms with E-state index in [-0.39, 0.29) is 41.9 Å². The lowest BCUT2D eigenvalue weighted by molar-refractivity contribution is -0.385. The molecule has 0 saturated carbocycles. The smallest absolute Gasteiger partial charge is 0.416 e. The van der Waals surface area contributed by atoms with Gasteiger partial charge in [0.2, 0.25) is 23.5 Å². The van der Waals surface area contributed by atoms with E-state index in [9.17, 15) is 33.8 Å². The minimum absolute atomic E-state index is 0.119. The summed E-state index contributed by atoms with van der Waals surface area (Å²) in [5, 5.41) is 25.4. The van der Waals surface area contributed by atoms with Crippen molar-refractivity contribution in [3.8, 4) is 0 Å². The number of nitrogens with one attached hydrogen (secondary N) is 1. The molecule has 0 fully saturated rings. The zero-order valence-electron chi connectivity index (χ0n) is 26.6. The van der Waals surface area contributed by atoms with Crippen LogP contribution in [0.5, 0.6) is 0 Å².